The summed E-state index contributed by atoms with van der Waals surface area (Å²) in [6, 6.07) is 0.517. The van der Waals surface area contributed by atoms with Crippen LogP contribution < -0.4 is 0 Å². The largest absolute Gasteiger partial charge is 0.342 e. The van der Waals surface area contributed by atoms with Gasteiger partial charge in [0.15, 0.2) is 0 Å². The second-order valence-electron chi connectivity index (χ2n) is 7.53. The summed E-state index contributed by atoms with van der Waals surface area (Å²) in [6.45, 7) is 8.97. The number of nitrogens with zero attached hydrogens (tertiary/aromatic N) is 1. The Bertz CT molecular complexity index is 317. The van der Waals surface area contributed by atoms with Crippen LogP contribution in [0.15, 0.2) is 0 Å². The molecule has 2 nitrogen and oxygen atoms in total. The van der Waals surface area contributed by atoms with Crippen LogP contribution >= 0.6 is 0 Å². The maximum Gasteiger partial charge on any atom is 0.228 e. The van der Waals surface area contributed by atoms with E-state index in [1.165, 1.54) is 25.7 Å². The molecule has 3 atom stereocenters. The first kappa shape index (κ1) is 12.9. The van der Waals surface area contributed by atoms with Gasteiger partial charge in [-0.15, -0.1) is 0 Å². The summed E-state index contributed by atoms with van der Waals surface area (Å²) in [7, 11) is 2.01. The predicted molar refractivity (Wildman–Crippen MR) is 70.7 cm³/mol. The normalized spacial score (nSPS) is 38.4. The van der Waals surface area contributed by atoms with Crippen LogP contribution in [0.4, 0.5) is 0 Å². The minimum atomic E-state index is -0.113. The summed E-state index contributed by atoms with van der Waals surface area (Å²) in [6.07, 6.45) is 6.08. The number of likely N-dealkylation sites (tertiary alicyclic amines) is 1. The van der Waals surface area contributed by atoms with Gasteiger partial charge >= 0.3 is 0 Å². The lowest BCUT2D eigenvalue weighted by Gasteiger charge is -2.37. The van der Waals surface area contributed by atoms with E-state index in [9.17, 15) is 4.79 Å². The summed E-state index contributed by atoms with van der Waals surface area (Å²) in [5, 5.41) is 0. The van der Waals surface area contributed by atoms with Gasteiger partial charge in [-0.05, 0) is 30.6 Å². The molecule has 0 radical (unpaired) electrons. The van der Waals surface area contributed by atoms with Crippen molar-refractivity contribution in [2.24, 2.45) is 16.7 Å². The third-order valence-corrected chi connectivity index (χ3v) is 4.75. The number of rotatable bonds is 1. The first-order valence-electron chi connectivity index (χ1n) is 7.03. The molecule has 0 bridgehead atoms. The van der Waals surface area contributed by atoms with Crippen LogP contribution in [0.25, 0.3) is 0 Å². The molecule has 17 heavy (non-hydrogen) atoms. The Morgan fingerprint density at radius 1 is 1.29 bits per heavy atom. The van der Waals surface area contributed by atoms with Gasteiger partial charge in [0, 0.05) is 13.1 Å². The summed E-state index contributed by atoms with van der Waals surface area (Å²) < 4.78 is 0. The van der Waals surface area contributed by atoms with E-state index in [1.54, 1.807) is 0 Å². The van der Waals surface area contributed by atoms with E-state index in [1.807, 2.05) is 7.05 Å². The van der Waals surface area contributed by atoms with Gasteiger partial charge in [-0.2, -0.15) is 0 Å². The van der Waals surface area contributed by atoms with Gasteiger partial charge in [0.05, 0.1) is 5.41 Å². The van der Waals surface area contributed by atoms with Gasteiger partial charge in [-0.1, -0.05) is 40.5 Å². The molecule has 0 spiro atoms. The van der Waals surface area contributed by atoms with Crippen LogP contribution in [0.3, 0.4) is 0 Å². The highest BCUT2D eigenvalue weighted by atomic mass is 16.2. The lowest BCUT2D eigenvalue weighted by Crippen LogP contribution is -2.36. The third-order valence-electron chi connectivity index (χ3n) is 4.75. The molecule has 1 saturated heterocycles. The van der Waals surface area contributed by atoms with Crippen molar-refractivity contribution in [3.05, 3.63) is 0 Å². The van der Waals surface area contributed by atoms with E-state index in [0.29, 0.717) is 17.9 Å². The Balaban J connectivity index is 2.28. The van der Waals surface area contributed by atoms with Crippen LogP contribution in [0, 0.1) is 16.7 Å². The Morgan fingerprint density at radius 3 is 2.47 bits per heavy atom. The van der Waals surface area contributed by atoms with E-state index < -0.39 is 0 Å². The highest BCUT2D eigenvalue weighted by Crippen LogP contribution is 2.52. The molecule has 1 heterocycles. The zero-order valence-electron chi connectivity index (χ0n) is 12.0. The van der Waals surface area contributed by atoms with Gasteiger partial charge in [-0.3, -0.25) is 4.79 Å². The number of hydrogen-bond acceptors (Lipinski definition) is 1. The number of carbonyl (C=O) groups excluding carboxylic acids is 1. The molecule has 3 unspecified atom stereocenters. The molecule has 0 aromatic heterocycles. The van der Waals surface area contributed by atoms with Crippen molar-refractivity contribution in [3.8, 4) is 0 Å². The molecule has 2 fully saturated rings. The number of carbonyl (C=O) groups is 1. The Kier molecular flexibility index (Phi) is 3.04. The molecule has 1 saturated carbocycles. The monoisotopic (exact) mass is 237 g/mol. The molecule has 2 rings (SSSR count). The second kappa shape index (κ2) is 4.00. The number of amides is 1. The average molecular weight is 237 g/mol. The topological polar surface area (TPSA) is 20.3 Å². The molecular weight excluding hydrogens is 210 g/mol. The molecule has 1 amide bonds. The third kappa shape index (κ3) is 2.11. The van der Waals surface area contributed by atoms with E-state index in [4.69, 9.17) is 0 Å². The van der Waals surface area contributed by atoms with Crippen molar-refractivity contribution < 1.29 is 4.79 Å². The Morgan fingerprint density at radius 2 is 1.88 bits per heavy atom. The van der Waals surface area contributed by atoms with Crippen molar-refractivity contribution in [2.75, 3.05) is 7.05 Å². The molecule has 1 aliphatic heterocycles. The van der Waals surface area contributed by atoms with Crippen LogP contribution in [-0.2, 0) is 4.79 Å². The van der Waals surface area contributed by atoms with Gasteiger partial charge in [0.2, 0.25) is 5.91 Å². The smallest absolute Gasteiger partial charge is 0.228 e. The molecule has 1 aliphatic carbocycles. The van der Waals surface area contributed by atoms with Crippen molar-refractivity contribution in [1.29, 1.82) is 0 Å². The summed E-state index contributed by atoms with van der Waals surface area (Å²) in [4.78, 5) is 14.6. The Labute approximate surface area is 106 Å². The maximum atomic E-state index is 12.6. The minimum Gasteiger partial charge on any atom is -0.342 e. The summed E-state index contributed by atoms with van der Waals surface area (Å²) in [5.41, 5.74) is 0.121. The van der Waals surface area contributed by atoms with E-state index in [0.717, 1.165) is 6.42 Å². The minimum absolute atomic E-state index is 0.113. The fraction of sp³-hybridized carbons (Fsp3) is 0.933. The quantitative estimate of drug-likeness (QED) is 0.684. The van der Waals surface area contributed by atoms with Crippen LogP contribution in [-0.4, -0.2) is 23.9 Å². The van der Waals surface area contributed by atoms with Gasteiger partial charge in [0.25, 0.3) is 0 Å². The highest BCUT2D eigenvalue weighted by Gasteiger charge is 2.55. The van der Waals surface area contributed by atoms with Crippen molar-refractivity contribution in [2.45, 2.75) is 65.8 Å². The van der Waals surface area contributed by atoms with Crippen molar-refractivity contribution >= 4 is 5.91 Å². The highest BCUT2D eigenvalue weighted by molar-refractivity contribution is 5.85. The summed E-state index contributed by atoms with van der Waals surface area (Å²) >= 11 is 0. The predicted octanol–water partition coefficient (Wildman–Crippen LogP) is 3.46. The number of fused-ring (bicyclic) bond motifs is 1. The molecule has 0 aromatic rings. The van der Waals surface area contributed by atoms with Crippen molar-refractivity contribution in [3.63, 3.8) is 0 Å². The first-order valence-corrected chi connectivity index (χ1v) is 7.03. The van der Waals surface area contributed by atoms with E-state index in [2.05, 4.69) is 32.6 Å². The second-order valence-corrected chi connectivity index (χ2v) is 7.53. The van der Waals surface area contributed by atoms with Crippen LogP contribution in [0.2, 0.25) is 0 Å². The molecule has 2 aliphatic rings. The van der Waals surface area contributed by atoms with Gasteiger partial charge in [-0.25, -0.2) is 0 Å². The zero-order valence-corrected chi connectivity index (χ0v) is 12.0. The van der Waals surface area contributed by atoms with Gasteiger partial charge in [0.1, 0.15) is 0 Å². The zero-order chi connectivity index (χ0) is 12.8. The SMILES string of the molecule is CN1C(=O)C(C)(CC(C)(C)C)C2CCCCC21. The Hall–Kier alpha value is -0.530. The fourth-order valence-electron chi connectivity index (χ4n) is 4.34. The van der Waals surface area contributed by atoms with Crippen LogP contribution in [0.1, 0.15) is 59.8 Å². The molecule has 98 valence electrons. The first-order chi connectivity index (χ1) is 7.76. The molecule has 0 N–H and O–H groups in total. The molecule has 0 aromatic carbocycles. The molecular formula is C15H27NO. The van der Waals surface area contributed by atoms with E-state index >= 15 is 0 Å². The molecule has 2 heteroatoms. The standard InChI is InChI=1S/C15H27NO/c1-14(2,3)10-15(4)11-8-6-7-9-12(11)16(5)13(15)17/h11-12H,6-10H2,1-5H3. The van der Waals surface area contributed by atoms with Crippen molar-refractivity contribution in [1.82, 2.24) is 4.90 Å². The number of hydrogen-bond donors (Lipinski definition) is 0. The van der Waals surface area contributed by atoms with E-state index in [-0.39, 0.29) is 10.8 Å². The maximum absolute atomic E-state index is 12.6. The lowest BCUT2D eigenvalue weighted by molar-refractivity contribution is -0.136. The lowest BCUT2D eigenvalue weighted by atomic mass is 9.64. The summed E-state index contributed by atoms with van der Waals surface area (Å²) in [5.74, 6) is 0.984. The van der Waals surface area contributed by atoms with Gasteiger partial charge < -0.3 is 4.90 Å². The van der Waals surface area contributed by atoms with Crippen LogP contribution in [0.5, 0.6) is 0 Å². The fourth-order valence-corrected chi connectivity index (χ4v) is 4.34. The average Bonchev–Trinajstić information content (AvgIpc) is 2.40.